The van der Waals surface area contributed by atoms with Crippen molar-refractivity contribution in [1.29, 1.82) is 0 Å². The van der Waals surface area contributed by atoms with Gasteiger partial charge in [0.2, 0.25) is 5.89 Å². The van der Waals surface area contributed by atoms with Crippen LogP contribution in [0.1, 0.15) is 21.5 Å². The monoisotopic (exact) mass is 267 g/mol. The van der Waals surface area contributed by atoms with Gasteiger partial charge in [-0.25, -0.2) is 0 Å². The average molecular weight is 267 g/mol. The molecule has 0 saturated heterocycles. The maximum Gasteiger partial charge on any atom is 0.308 e. The van der Waals surface area contributed by atoms with Gasteiger partial charge in [0, 0.05) is 23.2 Å². The number of thiophene rings is 1. The highest BCUT2D eigenvalue weighted by Gasteiger charge is 2.05. The molecule has 0 atom stereocenters. The Morgan fingerprint density at radius 1 is 1.44 bits per heavy atom. The Balaban J connectivity index is 1.79. The van der Waals surface area contributed by atoms with E-state index in [4.69, 9.17) is 9.63 Å². The third-order valence-electron chi connectivity index (χ3n) is 2.19. The van der Waals surface area contributed by atoms with Crippen molar-refractivity contribution in [1.82, 2.24) is 15.5 Å². The highest BCUT2D eigenvalue weighted by Crippen LogP contribution is 2.16. The van der Waals surface area contributed by atoms with E-state index in [9.17, 15) is 4.79 Å². The fourth-order valence-electron chi connectivity index (χ4n) is 1.47. The second-order valence-electron chi connectivity index (χ2n) is 3.77. The fraction of sp³-hybridized carbons (Fsp3) is 0.364. The van der Waals surface area contributed by atoms with Crippen molar-refractivity contribution in [3.8, 4) is 0 Å². The van der Waals surface area contributed by atoms with Gasteiger partial charge in [0.05, 0.1) is 13.0 Å². The maximum absolute atomic E-state index is 10.5. The summed E-state index contributed by atoms with van der Waals surface area (Å²) in [6.07, 6.45) is 0.0781. The molecule has 0 aliphatic carbocycles. The number of rotatable bonds is 6. The van der Waals surface area contributed by atoms with Gasteiger partial charge in [0.25, 0.3) is 0 Å². The predicted molar refractivity (Wildman–Crippen MR) is 65.2 cm³/mol. The van der Waals surface area contributed by atoms with Crippen LogP contribution in [-0.4, -0.2) is 21.2 Å². The van der Waals surface area contributed by atoms with E-state index in [1.807, 2.05) is 12.1 Å². The first-order chi connectivity index (χ1) is 8.63. The summed E-state index contributed by atoms with van der Waals surface area (Å²) in [7, 11) is 0. The van der Waals surface area contributed by atoms with Crippen LogP contribution in [0.25, 0.3) is 0 Å². The molecule has 6 nitrogen and oxygen atoms in total. The number of aryl methyl sites for hydroxylation is 1. The topological polar surface area (TPSA) is 88.2 Å². The van der Waals surface area contributed by atoms with Crippen molar-refractivity contribution in [2.24, 2.45) is 0 Å². The molecule has 0 amide bonds. The largest absolute Gasteiger partial charge is 0.481 e. The quantitative estimate of drug-likeness (QED) is 0.821. The van der Waals surface area contributed by atoms with Crippen LogP contribution in [0.3, 0.4) is 0 Å². The van der Waals surface area contributed by atoms with E-state index >= 15 is 0 Å². The number of hydrogen-bond acceptors (Lipinski definition) is 6. The third kappa shape index (κ3) is 3.64. The summed E-state index contributed by atoms with van der Waals surface area (Å²) in [6.45, 7) is 2.94. The lowest BCUT2D eigenvalue weighted by Gasteiger charge is -1.98. The van der Waals surface area contributed by atoms with Crippen molar-refractivity contribution < 1.29 is 14.4 Å². The number of nitrogens with one attached hydrogen (secondary N) is 1. The van der Waals surface area contributed by atoms with Crippen LogP contribution in [-0.2, 0) is 24.3 Å². The molecule has 0 aliphatic rings. The molecule has 0 aliphatic heterocycles. The molecule has 2 N–H and O–H groups in total. The van der Waals surface area contributed by atoms with Crippen molar-refractivity contribution >= 4 is 17.3 Å². The Hall–Kier alpha value is -1.73. The van der Waals surface area contributed by atoms with Crippen LogP contribution < -0.4 is 5.32 Å². The van der Waals surface area contributed by atoms with Crippen molar-refractivity contribution in [3.05, 3.63) is 33.6 Å². The Kier molecular flexibility index (Phi) is 4.06. The zero-order valence-electron chi connectivity index (χ0n) is 9.84. The maximum atomic E-state index is 10.5. The molecule has 0 bridgehead atoms. The molecule has 0 aromatic carbocycles. The van der Waals surface area contributed by atoms with Crippen LogP contribution in [0, 0.1) is 6.92 Å². The van der Waals surface area contributed by atoms with Gasteiger partial charge in [-0.15, -0.1) is 11.3 Å². The zero-order valence-corrected chi connectivity index (χ0v) is 10.7. The molecule has 0 radical (unpaired) electrons. The molecule has 0 fully saturated rings. The van der Waals surface area contributed by atoms with Gasteiger partial charge in [0.1, 0.15) is 0 Å². The number of carboxylic acid groups (broad SMARTS) is 1. The first-order valence-corrected chi connectivity index (χ1v) is 6.24. The SMILES string of the molecule is Cc1nc(CNCc2ccc(CC(=O)O)s2)no1. The molecular weight excluding hydrogens is 254 g/mol. The zero-order chi connectivity index (χ0) is 13.0. The number of aromatic nitrogens is 2. The predicted octanol–water partition coefficient (Wildman–Crippen LogP) is 1.36. The van der Waals surface area contributed by atoms with Crippen molar-refractivity contribution in [3.63, 3.8) is 0 Å². The van der Waals surface area contributed by atoms with Gasteiger partial charge in [-0.1, -0.05) is 5.16 Å². The van der Waals surface area contributed by atoms with Crippen molar-refractivity contribution in [2.45, 2.75) is 26.4 Å². The Bertz CT molecular complexity index is 535. The van der Waals surface area contributed by atoms with Gasteiger partial charge >= 0.3 is 5.97 Å². The van der Waals surface area contributed by atoms with Crippen LogP contribution in [0.2, 0.25) is 0 Å². The Morgan fingerprint density at radius 2 is 2.22 bits per heavy atom. The normalized spacial score (nSPS) is 10.7. The lowest BCUT2D eigenvalue weighted by Crippen LogP contribution is -2.12. The standard InChI is InChI=1S/C11H13N3O3S/c1-7-13-10(14-17-7)6-12-5-9-3-2-8(18-9)4-11(15)16/h2-3,12H,4-6H2,1H3,(H,15,16). The summed E-state index contributed by atoms with van der Waals surface area (Å²) in [5.41, 5.74) is 0. The molecule has 2 heterocycles. The summed E-state index contributed by atoms with van der Waals surface area (Å²) in [4.78, 5) is 16.6. The lowest BCUT2D eigenvalue weighted by molar-refractivity contribution is -0.136. The van der Waals surface area contributed by atoms with E-state index < -0.39 is 5.97 Å². The Morgan fingerprint density at radius 3 is 2.89 bits per heavy atom. The molecule has 2 aromatic heterocycles. The van der Waals surface area contributed by atoms with E-state index in [2.05, 4.69) is 15.5 Å². The first-order valence-electron chi connectivity index (χ1n) is 5.43. The van der Waals surface area contributed by atoms with Crippen LogP contribution in [0.5, 0.6) is 0 Å². The molecular formula is C11H13N3O3S. The van der Waals surface area contributed by atoms with E-state index in [0.29, 0.717) is 24.8 Å². The number of aliphatic carboxylic acids is 1. The molecule has 18 heavy (non-hydrogen) atoms. The van der Waals surface area contributed by atoms with Gasteiger partial charge in [-0.3, -0.25) is 4.79 Å². The van der Waals surface area contributed by atoms with Gasteiger partial charge in [-0.2, -0.15) is 4.98 Å². The Labute approximate surface area is 108 Å². The third-order valence-corrected chi connectivity index (χ3v) is 3.28. The molecule has 2 aromatic rings. The minimum atomic E-state index is -0.807. The van der Waals surface area contributed by atoms with Gasteiger partial charge in [0.15, 0.2) is 5.82 Å². The van der Waals surface area contributed by atoms with Crippen LogP contribution in [0.4, 0.5) is 0 Å². The highest BCUT2D eigenvalue weighted by molar-refractivity contribution is 7.12. The summed E-state index contributed by atoms with van der Waals surface area (Å²) in [5.74, 6) is 0.361. The summed E-state index contributed by atoms with van der Waals surface area (Å²) in [5, 5.41) is 15.6. The summed E-state index contributed by atoms with van der Waals surface area (Å²) < 4.78 is 4.85. The average Bonchev–Trinajstić information content (AvgIpc) is 2.88. The molecule has 0 saturated carbocycles. The summed E-state index contributed by atoms with van der Waals surface area (Å²) in [6, 6.07) is 3.77. The van der Waals surface area contributed by atoms with Crippen LogP contribution in [0.15, 0.2) is 16.7 Å². The first kappa shape index (κ1) is 12.7. The molecule has 0 spiro atoms. The number of nitrogens with zero attached hydrogens (tertiary/aromatic N) is 2. The molecule has 2 rings (SSSR count). The highest BCUT2D eigenvalue weighted by atomic mass is 32.1. The molecule has 96 valence electrons. The fourth-order valence-corrected chi connectivity index (χ4v) is 2.45. The van der Waals surface area contributed by atoms with Gasteiger partial charge in [-0.05, 0) is 12.1 Å². The number of carboxylic acids is 1. The number of carbonyl (C=O) groups is 1. The van der Waals surface area contributed by atoms with Gasteiger partial charge < -0.3 is 14.9 Å². The minimum absolute atomic E-state index is 0.0781. The minimum Gasteiger partial charge on any atom is -0.481 e. The number of hydrogen-bond donors (Lipinski definition) is 2. The smallest absolute Gasteiger partial charge is 0.308 e. The van der Waals surface area contributed by atoms with E-state index in [1.54, 1.807) is 6.92 Å². The van der Waals surface area contributed by atoms with Crippen LogP contribution >= 0.6 is 11.3 Å². The molecule has 7 heteroatoms. The second kappa shape index (κ2) is 5.74. The van der Waals surface area contributed by atoms with E-state index in [-0.39, 0.29) is 6.42 Å². The van der Waals surface area contributed by atoms with E-state index in [0.717, 1.165) is 9.75 Å². The molecule has 0 unspecified atom stereocenters. The lowest BCUT2D eigenvalue weighted by atomic mass is 10.3. The van der Waals surface area contributed by atoms with Crippen molar-refractivity contribution in [2.75, 3.05) is 0 Å². The summed E-state index contributed by atoms with van der Waals surface area (Å²) >= 11 is 1.49. The second-order valence-corrected chi connectivity index (χ2v) is 5.02. The van der Waals surface area contributed by atoms with E-state index in [1.165, 1.54) is 11.3 Å².